The first-order valence-corrected chi connectivity index (χ1v) is 6.88. The predicted octanol–water partition coefficient (Wildman–Crippen LogP) is 4.33. The molecule has 0 unspecified atom stereocenters. The Hall–Kier alpha value is -0.640. The summed E-state index contributed by atoms with van der Waals surface area (Å²) in [4.78, 5) is 1.17. The number of nitrogens with zero attached hydrogens (tertiary/aromatic N) is 2. The summed E-state index contributed by atoms with van der Waals surface area (Å²) in [6.45, 7) is 1.98. The van der Waals surface area contributed by atoms with Gasteiger partial charge in [0.25, 0.3) is 0 Å². The third-order valence-corrected chi connectivity index (χ3v) is 4.23. The van der Waals surface area contributed by atoms with Crippen LogP contribution in [0.15, 0.2) is 29.2 Å². The number of benzene rings is 1. The molecule has 5 heteroatoms. The normalized spacial score (nSPS) is 10.8. The van der Waals surface area contributed by atoms with E-state index in [1.165, 1.54) is 4.90 Å². The molecular weight excluding hydrogens is 275 g/mol. The maximum atomic E-state index is 6.17. The fourth-order valence-corrected chi connectivity index (χ4v) is 2.96. The fraction of sp³-hybridized carbons (Fsp3) is 0.250. The summed E-state index contributed by atoms with van der Waals surface area (Å²) >= 11 is 13.7. The topological polar surface area (TPSA) is 17.8 Å². The van der Waals surface area contributed by atoms with E-state index in [2.05, 4.69) is 5.10 Å². The van der Waals surface area contributed by atoms with E-state index < -0.39 is 0 Å². The molecule has 0 radical (unpaired) electrons. The fourth-order valence-electron chi connectivity index (χ4n) is 1.52. The van der Waals surface area contributed by atoms with E-state index in [0.717, 1.165) is 22.0 Å². The van der Waals surface area contributed by atoms with Crippen molar-refractivity contribution < 1.29 is 0 Å². The molecular formula is C12H12Cl2N2S. The van der Waals surface area contributed by atoms with Crippen molar-refractivity contribution in [1.82, 2.24) is 9.78 Å². The second-order valence-electron chi connectivity index (χ2n) is 3.72. The number of hydrogen-bond acceptors (Lipinski definition) is 2. The largest absolute Gasteiger partial charge is 0.257 e. The molecule has 2 rings (SSSR count). The summed E-state index contributed by atoms with van der Waals surface area (Å²) in [6, 6.07) is 7.79. The van der Waals surface area contributed by atoms with Crippen molar-refractivity contribution in [3.8, 4) is 0 Å². The van der Waals surface area contributed by atoms with Crippen LogP contribution in [0.1, 0.15) is 11.3 Å². The van der Waals surface area contributed by atoms with Crippen LogP contribution >= 0.6 is 35.0 Å². The number of hydrogen-bond donors (Lipinski definition) is 0. The molecule has 0 aliphatic rings. The van der Waals surface area contributed by atoms with E-state index in [1.807, 2.05) is 38.2 Å². The Morgan fingerprint density at radius 3 is 2.41 bits per heavy atom. The van der Waals surface area contributed by atoms with Gasteiger partial charge in [0.1, 0.15) is 5.15 Å². The van der Waals surface area contributed by atoms with Crippen LogP contribution in [0.4, 0.5) is 0 Å². The molecule has 0 atom stereocenters. The highest BCUT2D eigenvalue weighted by molar-refractivity contribution is 7.98. The Balaban J connectivity index is 2.09. The van der Waals surface area contributed by atoms with Gasteiger partial charge in [-0.25, -0.2) is 0 Å². The molecule has 0 bridgehead atoms. The molecule has 90 valence electrons. The van der Waals surface area contributed by atoms with Gasteiger partial charge in [-0.05, 0) is 31.2 Å². The first-order chi connectivity index (χ1) is 8.08. The van der Waals surface area contributed by atoms with Crippen LogP contribution in [0.5, 0.6) is 0 Å². The summed E-state index contributed by atoms with van der Waals surface area (Å²) in [5.74, 6) is 0.820. The van der Waals surface area contributed by atoms with Crippen molar-refractivity contribution in [3.63, 3.8) is 0 Å². The van der Waals surface area contributed by atoms with Crippen LogP contribution in [0.25, 0.3) is 0 Å². The van der Waals surface area contributed by atoms with Gasteiger partial charge < -0.3 is 0 Å². The van der Waals surface area contributed by atoms with Gasteiger partial charge in [-0.3, -0.25) is 4.68 Å². The van der Waals surface area contributed by atoms with Crippen molar-refractivity contribution >= 4 is 35.0 Å². The van der Waals surface area contributed by atoms with Gasteiger partial charge in [0.15, 0.2) is 0 Å². The number of rotatable bonds is 3. The van der Waals surface area contributed by atoms with Crippen LogP contribution in [0.2, 0.25) is 10.2 Å². The van der Waals surface area contributed by atoms with Crippen LogP contribution in [0, 0.1) is 6.92 Å². The van der Waals surface area contributed by atoms with Crippen molar-refractivity contribution in [2.45, 2.75) is 17.6 Å². The molecule has 0 aliphatic heterocycles. The van der Waals surface area contributed by atoms with Crippen molar-refractivity contribution in [1.29, 1.82) is 0 Å². The lowest BCUT2D eigenvalue weighted by molar-refractivity contribution is 0.757. The molecule has 0 saturated heterocycles. The monoisotopic (exact) mass is 286 g/mol. The second-order valence-corrected chi connectivity index (χ2v) is 5.56. The SMILES string of the molecule is Cc1nn(C)c(Cl)c1CSc1ccc(Cl)cc1. The molecule has 1 aromatic heterocycles. The lowest BCUT2D eigenvalue weighted by atomic mass is 10.3. The zero-order valence-electron chi connectivity index (χ0n) is 9.58. The van der Waals surface area contributed by atoms with Gasteiger partial charge in [0.2, 0.25) is 0 Å². The first-order valence-electron chi connectivity index (χ1n) is 5.14. The Labute approximate surface area is 115 Å². The van der Waals surface area contributed by atoms with E-state index >= 15 is 0 Å². The zero-order valence-corrected chi connectivity index (χ0v) is 11.9. The molecule has 0 N–H and O–H groups in total. The third-order valence-electron chi connectivity index (χ3n) is 2.47. The Kier molecular flexibility index (Phi) is 4.02. The van der Waals surface area contributed by atoms with Crippen molar-refractivity contribution in [3.05, 3.63) is 45.7 Å². The average molecular weight is 287 g/mol. The van der Waals surface area contributed by atoms with Gasteiger partial charge in [0.05, 0.1) is 5.69 Å². The minimum atomic E-state index is 0.712. The van der Waals surface area contributed by atoms with Gasteiger partial charge in [-0.1, -0.05) is 23.2 Å². The predicted molar refractivity (Wildman–Crippen MR) is 74.0 cm³/mol. The summed E-state index contributed by atoms with van der Waals surface area (Å²) in [7, 11) is 1.85. The highest BCUT2D eigenvalue weighted by atomic mass is 35.5. The number of aryl methyl sites for hydroxylation is 2. The Morgan fingerprint density at radius 1 is 1.24 bits per heavy atom. The quantitative estimate of drug-likeness (QED) is 0.782. The first kappa shape index (κ1) is 12.8. The molecule has 1 heterocycles. The maximum Gasteiger partial charge on any atom is 0.131 e. The molecule has 17 heavy (non-hydrogen) atoms. The molecule has 1 aromatic carbocycles. The molecule has 0 saturated carbocycles. The van der Waals surface area contributed by atoms with Gasteiger partial charge in [-0.2, -0.15) is 5.10 Å². The van der Waals surface area contributed by atoms with Crippen molar-refractivity contribution in [2.24, 2.45) is 7.05 Å². The van der Waals surface area contributed by atoms with E-state index in [9.17, 15) is 0 Å². The molecule has 0 aliphatic carbocycles. The Bertz CT molecular complexity index is 520. The van der Waals surface area contributed by atoms with Crippen LogP contribution in [-0.4, -0.2) is 9.78 Å². The summed E-state index contributed by atoms with van der Waals surface area (Å²) in [5, 5.41) is 5.75. The van der Waals surface area contributed by atoms with E-state index in [4.69, 9.17) is 23.2 Å². The maximum absolute atomic E-state index is 6.17. The highest BCUT2D eigenvalue weighted by Crippen LogP contribution is 2.29. The average Bonchev–Trinajstić information content (AvgIpc) is 2.54. The van der Waals surface area contributed by atoms with Gasteiger partial charge in [0, 0.05) is 28.3 Å². The number of halogens is 2. The van der Waals surface area contributed by atoms with Crippen LogP contribution in [0.3, 0.4) is 0 Å². The summed E-state index contributed by atoms with van der Waals surface area (Å²) in [5.41, 5.74) is 2.08. The third kappa shape index (κ3) is 2.97. The Morgan fingerprint density at radius 2 is 1.88 bits per heavy atom. The smallest absolute Gasteiger partial charge is 0.131 e. The molecule has 2 aromatic rings. The molecule has 2 nitrogen and oxygen atoms in total. The minimum absolute atomic E-state index is 0.712. The molecule has 0 fully saturated rings. The second kappa shape index (κ2) is 5.34. The van der Waals surface area contributed by atoms with Gasteiger partial charge >= 0.3 is 0 Å². The van der Waals surface area contributed by atoms with E-state index in [0.29, 0.717) is 5.15 Å². The summed E-state index contributed by atoms with van der Waals surface area (Å²) < 4.78 is 1.70. The summed E-state index contributed by atoms with van der Waals surface area (Å²) in [6.07, 6.45) is 0. The van der Waals surface area contributed by atoms with E-state index in [-0.39, 0.29) is 0 Å². The van der Waals surface area contributed by atoms with Crippen LogP contribution < -0.4 is 0 Å². The number of aromatic nitrogens is 2. The van der Waals surface area contributed by atoms with Crippen LogP contribution in [-0.2, 0) is 12.8 Å². The minimum Gasteiger partial charge on any atom is -0.257 e. The molecule has 0 amide bonds. The number of thioether (sulfide) groups is 1. The van der Waals surface area contributed by atoms with Crippen molar-refractivity contribution in [2.75, 3.05) is 0 Å². The van der Waals surface area contributed by atoms with Gasteiger partial charge in [-0.15, -0.1) is 11.8 Å². The van der Waals surface area contributed by atoms with E-state index in [1.54, 1.807) is 16.4 Å². The molecule has 0 spiro atoms. The standard InChI is InChI=1S/C12H12Cl2N2S/c1-8-11(12(14)16(2)15-8)7-17-10-5-3-9(13)4-6-10/h3-6H,7H2,1-2H3. The lowest BCUT2D eigenvalue weighted by Crippen LogP contribution is -1.89. The zero-order chi connectivity index (χ0) is 12.4. The highest BCUT2D eigenvalue weighted by Gasteiger charge is 2.11. The lowest BCUT2D eigenvalue weighted by Gasteiger charge is -2.02.